The molecule has 0 spiro atoms. The van der Waals surface area contributed by atoms with Crippen molar-refractivity contribution < 1.29 is 10.2 Å². The normalized spacial score (nSPS) is 23.8. The standard InChI is InChI=1S/C37H54N2O2/c1-33(2,3)26-16-24(31(40)28(18-26)35(7,8)9)21-38-30-15-23-13-14-37(30,20-23)39-22-25-17-27(34(4,5)6)19-29(32(25)41)36(10,11)12/h16-19,21-23,30,40-41H,13-15,20H2,1-12H3. The minimum Gasteiger partial charge on any atom is -0.507 e. The van der Waals surface area contributed by atoms with Gasteiger partial charge < -0.3 is 10.2 Å². The van der Waals surface area contributed by atoms with Crippen LogP contribution in [0.15, 0.2) is 34.3 Å². The molecule has 41 heavy (non-hydrogen) atoms. The number of aliphatic imine (C=N–C) groups is 2. The highest BCUT2D eigenvalue weighted by Crippen LogP contribution is 2.52. The zero-order valence-electron chi connectivity index (χ0n) is 27.7. The Hall–Kier alpha value is -2.62. The Morgan fingerprint density at radius 3 is 1.56 bits per heavy atom. The maximum Gasteiger partial charge on any atom is 0.128 e. The van der Waals surface area contributed by atoms with Crippen LogP contribution in [0.5, 0.6) is 11.5 Å². The number of rotatable bonds is 4. The average molecular weight is 559 g/mol. The molecule has 0 saturated heterocycles. The van der Waals surface area contributed by atoms with Gasteiger partial charge in [0, 0.05) is 34.7 Å². The van der Waals surface area contributed by atoms with Gasteiger partial charge in [-0.3, -0.25) is 9.98 Å². The molecule has 2 aliphatic carbocycles. The van der Waals surface area contributed by atoms with Gasteiger partial charge in [0.2, 0.25) is 0 Å². The molecular formula is C37H54N2O2. The molecule has 0 heterocycles. The predicted octanol–water partition coefficient (Wildman–Crippen LogP) is 9.14. The van der Waals surface area contributed by atoms with E-state index in [1.807, 2.05) is 12.4 Å². The zero-order valence-corrected chi connectivity index (χ0v) is 27.7. The number of phenolic OH excluding ortho intramolecular Hbond substituents is 2. The van der Waals surface area contributed by atoms with E-state index in [0.29, 0.717) is 17.4 Å². The Morgan fingerprint density at radius 1 is 0.683 bits per heavy atom. The van der Waals surface area contributed by atoms with Crippen molar-refractivity contribution in [1.82, 2.24) is 0 Å². The lowest BCUT2D eigenvalue weighted by Crippen LogP contribution is -2.34. The quantitative estimate of drug-likeness (QED) is 0.368. The Balaban J connectivity index is 1.74. The van der Waals surface area contributed by atoms with E-state index in [9.17, 15) is 10.2 Å². The van der Waals surface area contributed by atoms with Crippen LogP contribution in [0.1, 0.15) is 142 Å². The fourth-order valence-corrected chi connectivity index (χ4v) is 6.49. The maximum atomic E-state index is 11.3. The van der Waals surface area contributed by atoms with Crippen LogP contribution in [0.3, 0.4) is 0 Å². The molecule has 4 nitrogen and oxygen atoms in total. The fourth-order valence-electron chi connectivity index (χ4n) is 6.49. The van der Waals surface area contributed by atoms with Gasteiger partial charge in [0.05, 0.1) is 11.6 Å². The first-order valence-corrected chi connectivity index (χ1v) is 15.5. The first kappa shape index (κ1) is 31.3. The number of aromatic hydroxyl groups is 2. The van der Waals surface area contributed by atoms with E-state index in [0.717, 1.165) is 41.5 Å². The van der Waals surface area contributed by atoms with Crippen LogP contribution < -0.4 is 0 Å². The van der Waals surface area contributed by atoms with Gasteiger partial charge >= 0.3 is 0 Å². The lowest BCUT2D eigenvalue weighted by atomic mass is 9.79. The van der Waals surface area contributed by atoms with E-state index in [2.05, 4.69) is 107 Å². The predicted molar refractivity (Wildman–Crippen MR) is 175 cm³/mol. The second kappa shape index (κ2) is 10.3. The zero-order chi connectivity index (χ0) is 30.8. The van der Waals surface area contributed by atoms with E-state index >= 15 is 0 Å². The van der Waals surface area contributed by atoms with Gasteiger partial charge in [-0.05, 0) is 76.5 Å². The van der Waals surface area contributed by atoms with Crippen LogP contribution in [0.25, 0.3) is 0 Å². The molecule has 2 N–H and O–H groups in total. The van der Waals surface area contributed by atoms with Crippen molar-refractivity contribution in [2.75, 3.05) is 0 Å². The fraction of sp³-hybridized carbons (Fsp3) is 0.622. The van der Waals surface area contributed by atoms with Gasteiger partial charge in [-0.15, -0.1) is 0 Å². The minimum absolute atomic E-state index is 0.0380. The minimum atomic E-state index is -0.267. The van der Waals surface area contributed by atoms with Crippen LogP contribution in [0, 0.1) is 5.92 Å². The molecule has 0 aliphatic heterocycles. The van der Waals surface area contributed by atoms with E-state index in [-0.39, 0.29) is 33.2 Å². The van der Waals surface area contributed by atoms with Crippen LogP contribution in [0.4, 0.5) is 0 Å². The molecule has 2 aromatic rings. The summed E-state index contributed by atoms with van der Waals surface area (Å²) >= 11 is 0. The van der Waals surface area contributed by atoms with Gasteiger partial charge in [0.15, 0.2) is 0 Å². The SMILES string of the molecule is CC(C)(C)c1cc(C=NC2CC3CCC2(N=Cc2cc(C(C)(C)C)cc(C(C)(C)C)c2O)C3)c(O)c(C(C)(C)C)c1. The van der Waals surface area contributed by atoms with Crippen molar-refractivity contribution in [1.29, 1.82) is 0 Å². The van der Waals surface area contributed by atoms with Crippen molar-refractivity contribution in [2.24, 2.45) is 15.9 Å². The van der Waals surface area contributed by atoms with Crippen molar-refractivity contribution in [3.05, 3.63) is 57.6 Å². The Kier molecular flexibility index (Phi) is 7.85. The van der Waals surface area contributed by atoms with Crippen LogP contribution in [0.2, 0.25) is 0 Å². The highest BCUT2D eigenvalue weighted by atomic mass is 16.3. The van der Waals surface area contributed by atoms with Gasteiger partial charge in [-0.2, -0.15) is 0 Å². The maximum absolute atomic E-state index is 11.3. The molecule has 3 atom stereocenters. The topological polar surface area (TPSA) is 65.2 Å². The summed E-state index contributed by atoms with van der Waals surface area (Å²) in [6.45, 7) is 26.1. The summed E-state index contributed by atoms with van der Waals surface area (Å²) in [7, 11) is 0. The van der Waals surface area contributed by atoms with Crippen molar-refractivity contribution >= 4 is 12.4 Å². The Bertz CT molecular complexity index is 1360. The molecule has 2 saturated carbocycles. The number of phenols is 2. The lowest BCUT2D eigenvalue weighted by molar-refractivity contribution is 0.367. The van der Waals surface area contributed by atoms with Gasteiger partial charge in [0.1, 0.15) is 11.5 Å². The smallest absolute Gasteiger partial charge is 0.128 e. The summed E-state index contributed by atoms with van der Waals surface area (Å²) in [6.07, 6.45) is 8.04. The monoisotopic (exact) mass is 558 g/mol. The van der Waals surface area contributed by atoms with Gasteiger partial charge in [-0.1, -0.05) is 95.2 Å². The average Bonchev–Trinajstić information content (AvgIpc) is 3.38. The summed E-state index contributed by atoms with van der Waals surface area (Å²) in [5.74, 6) is 1.28. The molecule has 4 heteroatoms. The summed E-state index contributed by atoms with van der Waals surface area (Å²) in [5, 5.41) is 22.6. The molecule has 0 amide bonds. The second-order valence-corrected chi connectivity index (χ2v) is 16.9. The molecule has 2 aliphatic rings. The summed E-state index contributed by atoms with van der Waals surface area (Å²) in [5.41, 5.74) is 5.19. The summed E-state index contributed by atoms with van der Waals surface area (Å²) in [4.78, 5) is 10.4. The molecule has 224 valence electrons. The molecule has 2 bridgehead atoms. The largest absolute Gasteiger partial charge is 0.507 e. The lowest BCUT2D eigenvalue weighted by Gasteiger charge is -2.30. The Labute approximate surface area is 249 Å². The molecule has 3 unspecified atom stereocenters. The molecule has 4 rings (SSSR count). The van der Waals surface area contributed by atoms with Crippen molar-refractivity contribution in [3.8, 4) is 11.5 Å². The second-order valence-electron chi connectivity index (χ2n) is 16.9. The van der Waals surface area contributed by atoms with Crippen LogP contribution in [-0.4, -0.2) is 34.2 Å². The van der Waals surface area contributed by atoms with Gasteiger partial charge in [0.25, 0.3) is 0 Å². The first-order valence-electron chi connectivity index (χ1n) is 15.5. The number of hydrogen-bond acceptors (Lipinski definition) is 4. The summed E-state index contributed by atoms with van der Waals surface area (Å²) in [6, 6.07) is 8.57. The van der Waals surface area contributed by atoms with E-state index in [1.165, 1.54) is 17.5 Å². The van der Waals surface area contributed by atoms with E-state index in [1.54, 1.807) is 0 Å². The highest BCUT2D eigenvalue weighted by molar-refractivity contribution is 5.86. The number of nitrogens with zero attached hydrogens (tertiary/aromatic N) is 2. The molecule has 2 aromatic carbocycles. The van der Waals surface area contributed by atoms with Crippen molar-refractivity contribution in [2.45, 2.75) is 142 Å². The van der Waals surface area contributed by atoms with E-state index < -0.39 is 0 Å². The third-order valence-electron chi connectivity index (χ3n) is 9.29. The third-order valence-corrected chi connectivity index (χ3v) is 9.29. The third kappa shape index (κ3) is 6.42. The first-order chi connectivity index (χ1) is 18.6. The van der Waals surface area contributed by atoms with E-state index in [4.69, 9.17) is 9.98 Å². The van der Waals surface area contributed by atoms with Crippen LogP contribution in [-0.2, 0) is 21.7 Å². The summed E-state index contributed by atoms with van der Waals surface area (Å²) < 4.78 is 0. The van der Waals surface area contributed by atoms with Crippen LogP contribution >= 0.6 is 0 Å². The molecule has 0 radical (unpaired) electrons. The molecule has 0 aromatic heterocycles. The van der Waals surface area contributed by atoms with Gasteiger partial charge in [-0.25, -0.2) is 0 Å². The van der Waals surface area contributed by atoms with Crippen molar-refractivity contribution in [3.63, 3.8) is 0 Å². The highest BCUT2D eigenvalue weighted by Gasteiger charge is 2.52. The number of fused-ring (bicyclic) bond motifs is 2. The number of benzene rings is 2. The Morgan fingerprint density at radius 2 is 1.15 bits per heavy atom. The molecular weight excluding hydrogens is 504 g/mol. The number of hydrogen-bond donors (Lipinski definition) is 2. The molecule has 2 fully saturated rings.